The average molecular weight is 857 g/mol. The summed E-state index contributed by atoms with van der Waals surface area (Å²) in [5.41, 5.74) is 7.25. The maximum atomic E-state index is 13.7. The number of carbonyl (C=O) groups is 2. The van der Waals surface area contributed by atoms with Gasteiger partial charge in [-0.05, 0) is 77.1 Å². The molecule has 1 aliphatic heterocycles. The van der Waals surface area contributed by atoms with Crippen molar-refractivity contribution in [2.75, 3.05) is 5.75 Å². The van der Waals surface area contributed by atoms with Gasteiger partial charge in [-0.3, -0.25) is 4.79 Å². The number of aryl methyl sites for hydroxylation is 1. The van der Waals surface area contributed by atoms with E-state index in [4.69, 9.17) is 9.47 Å². The van der Waals surface area contributed by atoms with Crippen molar-refractivity contribution in [3.8, 4) is 11.1 Å². The van der Waals surface area contributed by atoms with Crippen LogP contribution in [0.4, 0.5) is 0 Å². The molecule has 10 nitrogen and oxygen atoms in total. The number of thioether (sulfide) groups is 1. The van der Waals surface area contributed by atoms with Crippen molar-refractivity contribution in [2.45, 2.75) is 67.8 Å². The lowest BCUT2D eigenvalue weighted by Crippen LogP contribution is -2.47. The van der Waals surface area contributed by atoms with Crippen LogP contribution in [0.2, 0.25) is 0 Å². The molecule has 1 aliphatic rings. The van der Waals surface area contributed by atoms with Gasteiger partial charge in [0.05, 0.1) is 29.3 Å². The SMILES string of the molecule is Cc1ccc(S(=O)(=O)N[C@H](Cc2ccccc2)C(=O)NCc2cccc(-c3ccc([C@@H]4O[C@H](CSc5ccccc5C(=O)O)[C@H](C)[C@H](c5ccc(CO)cc5)O4)cc3)c2)cc1. The highest BCUT2D eigenvalue weighted by Crippen LogP contribution is 2.43. The first-order chi connectivity index (χ1) is 29.5. The third-order valence-corrected chi connectivity index (χ3v) is 13.4. The highest BCUT2D eigenvalue weighted by atomic mass is 32.2. The van der Waals surface area contributed by atoms with Crippen LogP contribution < -0.4 is 10.0 Å². The lowest BCUT2D eigenvalue weighted by Gasteiger charge is -2.41. The van der Waals surface area contributed by atoms with Gasteiger partial charge in [-0.1, -0.05) is 134 Å². The summed E-state index contributed by atoms with van der Waals surface area (Å²) in [5, 5.41) is 22.4. The van der Waals surface area contributed by atoms with Crippen molar-refractivity contribution < 1.29 is 37.7 Å². The predicted molar refractivity (Wildman–Crippen MR) is 236 cm³/mol. The molecular weight excluding hydrogens is 809 g/mol. The molecule has 1 saturated heterocycles. The van der Waals surface area contributed by atoms with Crippen molar-refractivity contribution in [3.63, 3.8) is 0 Å². The molecule has 0 saturated carbocycles. The summed E-state index contributed by atoms with van der Waals surface area (Å²) >= 11 is 1.45. The zero-order valence-electron chi connectivity index (χ0n) is 33.8. The highest BCUT2D eigenvalue weighted by Gasteiger charge is 2.38. The van der Waals surface area contributed by atoms with Gasteiger partial charge in [-0.2, -0.15) is 4.72 Å². The Morgan fingerprint density at radius 2 is 1.41 bits per heavy atom. The van der Waals surface area contributed by atoms with E-state index in [0.717, 1.165) is 44.5 Å². The third kappa shape index (κ3) is 11.0. The Morgan fingerprint density at radius 3 is 2.11 bits per heavy atom. The molecule has 314 valence electrons. The average Bonchev–Trinajstić information content (AvgIpc) is 3.28. The van der Waals surface area contributed by atoms with Gasteiger partial charge in [0, 0.05) is 28.7 Å². The number of hydrogen-bond acceptors (Lipinski definition) is 8. The molecule has 12 heteroatoms. The summed E-state index contributed by atoms with van der Waals surface area (Å²) in [5.74, 6) is -0.998. The molecule has 0 spiro atoms. The maximum Gasteiger partial charge on any atom is 0.336 e. The molecule has 0 bridgehead atoms. The van der Waals surface area contributed by atoms with Crippen molar-refractivity contribution >= 4 is 33.7 Å². The van der Waals surface area contributed by atoms with Gasteiger partial charge >= 0.3 is 5.97 Å². The highest BCUT2D eigenvalue weighted by molar-refractivity contribution is 7.99. The summed E-state index contributed by atoms with van der Waals surface area (Å²) in [4.78, 5) is 26.3. The van der Waals surface area contributed by atoms with E-state index in [1.165, 1.54) is 23.9 Å². The van der Waals surface area contributed by atoms with Gasteiger partial charge in [-0.15, -0.1) is 11.8 Å². The van der Waals surface area contributed by atoms with E-state index < -0.39 is 34.2 Å². The quantitative estimate of drug-likeness (QED) is 0.0702. The fourth-order valence-corrected chi connectivity index (χ4v) is 9.67. The summed E-state index contributed by atoms with van der Waals surface area (Å²) in [6.45, 7) is 4.07. The van der Waals surface area contributed by atoms with Crippen LogP contribution in [-0.4, -0.2) is 48.4 Å². The number of aliphatic hydroxyl groups is 1. The zero-order chi connectivity index (χ0) is 42.9. The number of aliphatic hydroxyl groups excluding tert-OH is 1. The van der Waals surface area contributed by atoms with Gasteiger partial charge < -0.3 is 25.0 Å². The van der Waals surface area contributed by atoms with E-state index in [0.29, 0.717) is 10.6 Å². The summed E-state index contributed by atoms with van der Waals surface area (Å²) in [7, 11) is -3.98. The van der Waals surface area contributed by atoms with E-state index in [1.54, 1.807) is 24.3 Å². The maximum absolute atomic E-state index is 13.7. The van der Waals surface area contributed by atoms with Crippen LogP contribution in [0.25, 0.3) is 11.1 Å². The smallest absolute Gasteiger partial charge is 0.336 e. The number of sulfonamides is 1. The van der Waals surface area contributed by atoms with Gasteiger partial charge in [0.25, 0.3) is 0 Å². The van der Waals surface area contributed by atoms with E-state index in [9.17, 15) is 28.2 Å². The molecule has 61 heavy (non-hydrogen) atoms. The monoisotopic (exact) mass is 856 g/mol. The molecule has 6 aromatic rings. The first-order valence-electron chi connectivity index (χ1n) is 20.0. The Balaban J connectivity index is 1.06. The van der Waals surface area contributed by atoms with Crippen LogP contribution in [0.3, 0.4) is 0 Å². The van der Waals surface area contributed by atoms with Crippen molar-refractivity contribution in [2.24, 2.45) is 5.92 Å². The van der Waals surface area contributed by atoms with Gasteiger partial charge in [0.1, 0.15) is 6.04 Å². The number of ether oxygens (including phenoxy) is 2. The molecule has 1 heterocycles. The molecule has 0 aromatic heterocycles. The number of carboxylic acid groups (broad SMARTS) is 1. The normalized spacial score (nSPS) is 18.3. The lowest BCUT2D eigenvalue weighted by atomic mass is 9.91. The molecule has 5 atom stereocenters. The number of carboxylic acids is 1. The standard InChI is InChI=1S/C49H48N2O8S2/c1-32-15-25-41(26-16-32)61(56,57)51-43(28-34-9-4-3-5-10-34)47(53)50-29-36-11-8-12-40(27-36)37-21-23-39(24-22-37)49-58-44(31-60-45-14-7-6-13-42(45)48(54)55)33(2)46(59-49)38-19-17-35(30-52)18-20-38/h3-27,33,43-44,46,49,51-52H,28-31H2,1-2H3,(H,50,53)(H,54,55)/t33-,43+,44+,46+,49+/m0/s1. The largest absolute Gasteiger partial charge is 0.478 e. The van der Waals surface area contributed by atoms with Crippen LogP contribution in [0.1, 0.15) is 63.1 Å². The fraction of sp³-hybridized carbons (Fsp3) is 0.224. The molecule has 6 aromatic carbocycles. The van der Waals surface area contributed by atoms with E-state index in [-0.39, 0.29) is 48.2 Å². The Hall–Kier alpha value is -5.60. The van der Waals surface area contributed by atoms with Crippen molar-refractivity contribution in [3.05, 3.63) is 191 Å². The second-order valence-electron chi connectivity index (χ2n) is 15.2. The van der Waals surface area contributed by atoms with Crippen LogP contribution in [0.5, 0.6) is 0 Å². The molecule has 1 fully saturated rings. The fourth-order valence-electron chi connectivity index (χ4n) is 7.27. The first-order valence-corrected chi connectivity index (χ1v) is 22.5. The van der Waals surface area contributed by atoms with E-state index in [2.05, 4.69) is 17.0 Å². The van der Waals surface area contributed by atoms with Gasteiger partial charge in [0.15, 0.2) is 6.29 Å². The lowest BCUT2D eigenvalue weighted by molar-refractivity contribution is -0.268. The number of nitrogens with one attached hydrogen (secondary N) is 2. The minimum atomic E-state index is -3.98. The Morgan fingerprint density at radius 1 is 0.738 bits per heavy atom. The van der Waals surface area contributed by atoms with Gasteiger partial charge in [-0.25, -0.2) is 13.2 Å². The topological polar surface area (TPSA) is 151 Å². The third-order valence-electron chi connectivity index (χ3n) is 10.8. The molecule has 4 N–H and O–H groups in total. The Bertz CT molecular complexity index is 2530. The first kappa shape index (κ1) is 43.5. The number of amides is 1. The Kier molecular flexibility index (Phi) is 14.2. The second kappa shape index (κ2) is 19.9. The van der Waals surface area contributed by atoms with E-state index >= 15 is 0 Å². The van der Waals surface area contributed by atoms with Crippen LogP contribution in [0, 0.1) is 12.8 Å². The summed E-state index contributed by atoms with van der Waals surface area (Å²) < 4.78 is 42.6. The number of rotatable bonds is 16. The molecule has 1 amide bonds. The van der Waals surface area contributed by atoms with Crippen molar-refractivity contribution in [1.82, 2.24) is 10.0 Å². The number of aromatic carboxylic acids is 1. The van der Waals surface area contributed by atoms with Crippen LogP contribution in [0.15, 0.2) is 161 Å². The number of carbonyl (C=O) groups excluding carboxylic acids is 1. The van der Waals surface area contributed by atoms with Crippen LogP contribution in [-0.2, 0) is 43.9 Å². The minimum Gasteiger partial charge on any atom is -0.478 e. The van der Waals surface area contributed by atoms with Crippen molar-refractivity contribution in [1.29, 1.82) is 0 Å². The Labute approximate surface area is 361 Å². The van der Waals surface area contributed by atoms with Gasteiger partial charge in [0.2, 0.25) is 15.9 Å². The molecular formula is C49H48N2O8S2. The number of benzene rings is 6. The molecule has 7 rings (SSSR count). The molecule has 0 unspecified atom stereocenters. The van der Waals surface area contributed by atoms with E-state index in [1.807, 2.05) is 122 Å². The second-order valence-corrected chi connectivity index (χ2v) is 17.9. The number of hydrogen-bond donors (Lipinski definition) is 4. The zero-order valence-corrected chi connectivity index (χ0v) is 35.4. The summed E-state index contributed by atoms with van der Waals surface area (Å²) in [6, 6.07) is 45.1. The minimum absolute atomic E-state index is 0.0622. The molecule has 0 radical (unpaired) electrons. The summed E-state index contributed by atoms with van der Waals surface area (Å²) in [6.07, 6.45) is -1.15. The molecule has 0 aliphatic carbocycles. The van der Waals surface area contributed by atoms with Crippen LogP contribution >= 0.6 is 11.8 Å². The predicted octanol–water partition coefficient (Wildman–Crippen LogP) is 8.64.